The van der Waals surface area contributed by atoms with Gasteiger partial charge in [0.25, 0.3) is 0 Å². The average molecular weight is 336 g/mol. The number of pyridine rings is 1. The first-order valence-electron chi connectivity index (χ1n) is 7.73. The van der Waals surface area contributed by atoms with Gasteiger partial charge in [-0.2, -0.15) is 5.26 Å². The standard InChI is InChI=1S/C16H24N4O2S/c1-12-8-14(13(9-17)10-18-12)19-11-16(6-5-7-16)23(21,22)20-15(2,3)4/h8,10,20H,5-7,11H2,1-4H3,(H,18,19). The van der Waals surface area contributed by atoms with Crippen molar-refractivity contribution < 1.29 is 8.42 Å². The first-order valence-corrected chi connectivity index (χ1v) is 9.21. The van der Waals surface area contributed by atoms with Crippen LogP contribution in [0.25, 0.3) is 0 Å². The first kappa shape index (κ1) is 17.7. The Labute approximate surface area is 138 Å². The normalized spacial score (nSPS) is 17.2. The van der Waals surface area contributed by atoms with Crippen molar-refractivity contribution in [3.05, 3.63) is 23.5 Å². The van der Waals surface area contributed by atoms with Crippen LogP contribution in [-0.4, -0.2) is 30.2 Å². The van der Waals surface area contributed by atoms with Crippen molar-refractivity contribution in [1.82, 2.24) is 9.71 Å². The van der Waals surface area contributed by atoms with Gasteiger partial charge >= 0.3 is 0 Å². The molecule has 1 saturated carbocycles. The number of anilines is 1. The summed E-state index contributed by atoms with van der Waals surface area (Å²) in [6, 6.07) is 3.85. The van der Waals surface area contributed by atoms with Crippen molar-refractivity contribution in [1.29, 1.82) is 5.26 Å². The lowest BCUT2D eigenvalue weighted by molar-refractivity contribution is 0.339. The van der Waals surface area contributed by atoms with Gasteiger partial charge in [-0.1, -0.05) is 6.42 Å². The SMILES string of the molecule is Cc1cc(NCC2(S(=O)(=O)NC(C)(C)C)CCC2)c(C#N)cn1. The topological polar surface area (TPSA) is 94.9 Å². The third-order valence-corrected chi connectivity index (χ3v) is 6.61. The van der Waals surface area contributed by atoms with Crippen LogP contribution < -0.4 is 10.0 Å². The van der Waals surface area contributed by atoms with E-state index in [2.05, 4.69) is 21.1 Å². The van der Waals surface area contributed by atoms with Crippen LogP contribution in [0.5, 0.6) is 0 Å². The quantitative estimate of drug-likeness (QED) is 0.860. The van der Waals surface area contributed by atoms with E-state index in [9.17, 15) is 8.42 Å². The van der Waals surface area contributed by atoms with Crippen molar-refractivity contribution in [2.45, 2.75) is 57.2 Å². The fourth-order valence-electron chi connectivity index (χ4n) is 2.67. The van der Waals surface area contributed by atoms with Crippen molar-refractivity contribution in [2.75, 3.05) is 11.9 Å². The summed E-state index contributed by atoms with van der Waals surface area (Å²) in [5.41, 5.74) is 1.33. The van der Waals surface area contributed by atoms with Crippen LogP contribution in [0.1, 0.15) is 51.3 Å². The number of sulfonamides is 1. The Kier molecular flexibility index (Phi) is 4.69. The number of nitriles is 1. The molecule has 23 heavy (non-hydrogen) atoms. The Hall–Kier alpha value is -1.65. The number of aromatic nitrogens is 1. The van der Waals surface area contributed by atoms with Crippen molar-refractivity contribution in [3.8, 4) is 6.07 Å². The van der Waals surface area contributed by atoms with Crippen LogP contribution in [0.3, 0.4) is 0 Å². The minimum absolute atomic E-state index is 0.288. The Balaban J connectivity index is 2.21. The number of rotatable bonds is 5. The van der Waals surface area contributed by atoms with Crippen LogP contribution in [0.2, 0.25) is 0 Å². The molecule has 2 rings (SSSR count). The van der Waals surface area contributed by atoms with E-state index < -0.39 is 20.3 Å². The molecule has 1 aliphatic rings. The van der Waals surface area contributed by atoms with Crippen molar-refractivity contribution in [2.24, 2.45) is 0 Å². The zero-order valence-electron chi connectivity index (χ0n) is 14.1. The highest BCUT2D eigenvalue weighted by atomic mass is 32.2. The summed E-state index contributed by atoms with van der Waals surface area (Å²) in [5.74, 6) is 0. The predicted octanol–water partition coefficient (Wildman–Crippen LogP) is 2.31. The molecule has 1 heterocycles. The summed E-state index contributed by atoms with van der Waals surface area (Å²) in [5, 5.41) is 12.3. The summed E-state index contributed by atoms with van der Waals surface area (Å²) in [6.45, 7) is 7.64. The molecule has 0 atom stereocenters. The molecule has 1 aromatic heterocycles. The number of nitrogens with zero attached hydrogens (tertiary/aromatic N) is 2. The highest BCUT2D eigenvalue weighted by molar-refractivity contribution is 7.91. The Bertz CT molecular complexity index is 725. The molecule has 2 N–H and O–H groups in total. The van der Waals surface area contributed by atoms with Crippen LogP contribution in [-0.2, 0) is 10.0 Å². The monoisotopic (exact) mass is 336 g/mol. The fraction of sp³-hybridized carbons (Fsp3) is 0.625. The maximum atomic E-state index is 12.8. The van der Waals surface area contributed by atoms with Gasteiger partial charge in [-0.3, -0.25) is 4.98 Å². The van der Waals surface area contributed by atoms with E-state index in [1.807, 2.05) is 27.7 Å². The maximum Gasteiger partial charge on any atom is 0.219 e. The molecule has 0 aliphatic heterocycles. The van der Waals surface area contributed by atoms with Gasteiger partial charge in [0.2, 0.25) is 10.0 Å². The summed E-state index contributed by atoms with van der Waals surface area (Å²) in [7, 11) is -3.45. The van der Waals surface area contributed by atoms with Gasteiger partial charge in [-0.25, -0.2) is 13.1 Å². The summed E-state index contributed by atoms with van der Waals surface area (Å²) >= 11 is 0. The number of nitrogens with one attached hydrogen (secondary N) is 2. The predicted molar refractivity (Wildman–Crippen MR) is 90.6 cm³/mol. The van der Waals surface area contributed by atoms with Crippen LogP contribution >= 0.6 is 0 Å². The molecule has 0 bridgehead atoms. The third-order valence-electron chi connectivity index (χ3n) is 4.04. The van der Waals surface area contributed by atoms with Gasteiger partial charge in [0.1, 0.15) is 10.8 Å². The highest BCUT2D eigenvalue weighted by Crippen LogP contribution is 2.39. The molecule has 126 valence electrons. The lowest BCUT2D eigenvalue weighted by atomic mass is 9.84. The summed E-state index contributed by atoms with van der Waals surface area (Å²) in [6.07, 6.45) is 3.65. The van der Waals surface area contributed by atoms with Gasteiger partial charge < -0.3 is 5.32 Å². The minimum Gasteiger partial charge on any atom is -0.382 e. The second-order valence-corrected chi connectivity index (χ2v) is 9.31. The average Bonchev–Trinajstić information content (AvgIpc) is 2.34. The molecule has 6 nitrogen and oxygen atoms in total. The van der Waals surface area contributed by atoms with Gasteiger partial charge in [0, 0.05) is 24.0 Å². The molecule has 0 aromatic carbocycles. The molecule has 1 fully saturated rings. The van der Waals surface area contributed by atoms with E-state index in [0.29, 0.717) is 24.1 Å². The first-order chi connectivity index (χ1) is 10.6. The molecule has 0 saturated heterocycles. The van der Waals surface area contributed by atoms with E-state index in [4.69, 9.17) is 5.26 Å². The van der Waals surface area contributed by atoms with E-state index in [1.165, 1.54) is 6.20 Å². The third kappa shape index (κ3) is 3.82. The van der Waals surface area contributed by atoms with Crippen molar-refractivity contribution >= 4 is 15.7 Å². The zero-order chi connectivity index (χ0) is 17.3. The molecule has 1 aromatic rings. The number of hydrogen-bond donors (Lipinski definition) is 2. The van der Waals surface area contributed by atoms with Crippen LogP contribution in [0.15, 0.2) is 12.3 Å². The van der Waals surface area contributed by atoms with Crippen LogP contribution in [0, 0.1) is 18.3 Å². The number of hydrogen-bond acceptors (Lipinski definition) is 5. The van der Waals surface area contributed by atoms with Crippen LogP contribution in [0.4, 0.5) is 5.69 Å². The minimum atomic E-state index is -3.45. The molecule has 0 spiro atoms. The maximum absolute atomic E-state index is 12.8. The van der Waals surface area contributed by atoms with E-state index in [1.54, 1.807) is 6.07 Å². The van der Waals surface area contributed by atoms with Gasteiger partial charge in [-0.15, -0.1) is 0 Å². The molecule has 0 radical (unpaired) electrons. The summed E-state index contributed by atoms with van der Waals surface area (Å²) < 4.78 is 27.5. The highest BCUT2D eigenvalue weighted by Gasteiger charge is 2.49. The molecule has 0 amide bonds. The smallest absolute Gasteiger partial charge is 0.219 e. The second-order valence-electron chi connectivity index (χ2n) is 7.23. The van der Waals surface area contributed by atoms with E-state index >= 15 is 0 Å². The zero-order valence-corrected chi connectivity index (χ0v) is 14.9. The summed E-state index contributed by atoms with van der Waals surface area (Å²) in [4.78, 5) is 4.09. The number of aryl methyl sites for hydroxylation is 1. The Morgan fingerprint density at radius 3 is 2.52 bits per heavy atom. The second kappa shape index (κ2) is 6.10. The molecular weight excluding hydrogens is 312 g/mol. The largest absolute Gasteiger partial charge is 0.382 e. The van der Waals surface area contributed by atoms with Gasteiger partial charge in [0.15, 0.2) is 0 Å². The van der Waals surface area contributed by atoms with E-state index in [0.717, 1.165) is 12.1 Å². The molecule has 1 aliphatic carbocycles. The Morgan fingerprint density at radius 2 is 2.04 bits per heavy atom. The Morgan fingerprint density at radius 1 is 1.39 bits per heavy atom. The fourth-order valence-corrected chi connectivity index (χ4v) is 4.79. The lowest BCUT2D eigenvalue weighted by Gasteiger charge is -2.42. The molecule has 7 heteroatoms. The van der Waals surface area contributed by atoms with Crippen molar-refractivity contribution in [3.63, 3.8) is 0 Å². The molecule has 0 unspecified atom stereocenters. The van der Waals surface area contributed by atoms with E-state index in [-0.39, 0.29) is 6.54 Å². The van der Waals surface area contributed by atoms with Gasteiger partial charge in [-0.05, 0) is 46.6 Å². The molecular formula is C16H24N4O2S. The van der Waals surface area contributed by atoms with Gasteiger partial charge in [0.05, 0.1) is 11.3 Å². The lowest BCUT2D eigenvalue weighted by Crippen LogP contribution is -2.58.